The summed E-state index contributed by atoms with van der Waals surface area (Å²) >= 11 is 0. The zero-order valence-corrected chi connectivity index (χ0v) is 9.54. The largest absolute Gasteiger partial charge is 0.381 e. The van der Waals surface area contributed by atoms with Gasteiger partial charge >= 0.3 is 6.03 Å². The lowest BCUT2D eigenvalue weighted by molar-refractivity contribution is 0.183. The zero-order valence-electron chi connectivity index (χ0n) is 9.54. The highest BCUT2D eigenvalue weighted by atomic mass is 16.5. The predicted octanol–water partition coefficient (Wildman–Crippen LogP) is 0.501. The molecule has 16 heavy (non-hydrogen) atoms. The maximum atomic E-state index is 11.5. The third-order valence-electron chi connectivity index (χ3n) is 3.13. The van der Waals surface area contributed by atoms with Gasteiger partial charge in [-0.15, -0.1) is 0 Å². The molecule has 92 valence electrons. The Morgan fingerprint density at radius 2 is 2.00 bits per heavy atom. The van der Waals surface area contributed by atoms with Crippen molar-refractivity contribution in [3.8, 4) is 0 Å². The van der Waals surface area contributed by atoms with Gasteiger partial charge in [-0.25, -0.2) is 4.79 Å². The lowest BCUT2D eigenvalue weighted by atomic mass is 10.1. The average Bonchev–Trinajstić information content (AvgIpc) is 2.90. The van der Waals surface area contributed by atoms with E-state index in [1.807, 2.05) is 0 Å². The number of amides is 2. The third-order valence-corrected chi connectivity index (χ3v) is 3.13. The molecule has 0 radical (unpaired) electrons. The fourth-order valence-corrected chi connectivity index (χ4v) is 2.09. The monoisotopic (exact) mass is 228 g/mol. The molecule has 5 nitrogen and oxygen atoms in total. The van der Waals surface area contributed by atoms with Crippen molar-refractivity contribution in [1.82, 2.24) is 10.6 Å². The first-order valence-electron chi connectivity index (χ1n) is 6.04. The van der Waals surface area contributed by atoms with Crippen molar-refractivity contribution in [2.24, 2.45) is 5.92 Å². The summed E-state index contributed by atoms with van der Waals surface area (Å²) in [5.74, 6) is 0.620. The van der Waals surface area contributed by atoms with E-state index in [2.05, 4.69) is 10.6 Å². The van der Waals surface area contributed by atoms with Crippen LogP contribution in [0, 0.1) is 5.92 Å². The van der Waals surface area contributed by atoms with E-state index in [0.717, 1.165) is 45.6 Å². The second-order valence-electron chi connectivity index (χ2n) is 4.48. The molecular formula is C11H20N2O3. The van der Waals surface area contributed by atoms with Crippen molar-refractivity contribution in [2.45, 2.75) is 25.3 Å². The summed E-state index contributed by atoms with van der Waals surface area (Å²) in [7, 11) is 0. The van der Waals surface area contributed by atoms with Crippen LogP contribution in [0.4, 0.5) is 4.79 Å². The molecule has 2 saturated heterocycles. The van der Waals surface area contributed by atoms with Crippen molar-refractivity contribution < 1.29 is 14.3 Å². The smallest absolute Gasteiger partial charge is 0.315 e. The lowest BCUT2D eigenvalue weighted by Crippen LogP contribution is -2.42. The molecule has 0 spiro atoms. The van der Waals surface area contributed by atoms with E-state index in [1.54, 1.807) is 0 Å². The minimum atomic E-state index is -0.0746. The Bertz CT molecular complexity index is 223. The lowest BCUT2D eigenvalue weighted by Gasteiger charge is -2.13. The van der Waals surface area contributed by atoms with Gasteiger partial charge in [0.1, 0.15) is 0 Å². The van der Waals surface area contributed by atoms with Crippen molar-refractivity contribution in [1.29, 1.82) is 0 Å². The normalized spacial score (nSPS) is 29.2. The van der Waals surface area contributed by atoms with Crippen molar-refractivity contribution in [2.75, 3.05) is 33.0 Å². The molecule has 2 aliphatic rings. The summed E-state index contributed by atoms with van der Waals surface area (Å²) in [4.78, 5) is 11.5. The molecule has 0 bridgehead atoms. The molecule has 0 aromatic carbocycles. The molecule has 2 unspecified atom stereocenters. The molecule has 0 aliphatic carbocycles. The van der Waals surface area contributed by atoms with Gasteiger partial charge in [0, 0.05) is 26.4 Å². The van der Waals surface area contributed by atoms with Crippen molar-refractivity contribution in [3.63, 3.8) is 0 Å². The first-order chi connectivity index (χ1) is 7.84. The highest BCUT2D eigenvalue weighted by molar-refractivity contribution is 5.74. The molecule has 2 rings (SSSR count). The van der Waals surface area contributed by atoms with Crippen LogP contribution in [0.5, 0.6) is 0 Å². The first kappa shape index (κ1) is 11.7. The molecule has 2 atom stereocenters. The Balaban J connectivity index is 1.52. The van der Waals surface area contributed by atoms with Crippen LogP contribution in [0.1, 0.15) is 19.3 Å². The van der Waals surface area contributed by atoms with Gasteiger partial charge in [0.2, 0.25) is 0 Å². The van der Waals surface area contributed by atoms with Gasteiger partial charge in [0.05, 0.1) is 12.6 Å². The zero-order chi connectivity index (χ0) is 11.2. The van der Waals surface area contributed by atoms with E-state index in [0.29, 0.717) is 12.5 Å². The SMILES string of the molecule is O=C(NCCC1CCOC1)NC1CCOC1. The number of hydrogen-bond acceptors (Lipinski definition) is 3. The summed E-state index contributed by atoms with van der Waals surface area (Å²) in [5.41, 5.74) is 0. The van der Waals surface area contributed by atoms with Crippen LogP contribution in [0.15, 0.2) is 0 Å². The number of carbonyl (C=O) groups excluding carboxylic acids is 1. The standard InChI is InChI=1S/C11H20N2O3/c14-11(13-10-3-6-16-8-10)12-4-1-9-2-5-15-7-9/h9-10H,1-8H2,(H2,12,13,14). The molecule has 2 N–H and O–H groups in total. The van der Waals surface area contributed by atoms with E-state index in [4.69, 9.17) is 9.47 Å². The minimum Gasteiger partial charge on any atom is -0.381 e. The second-order valence-corrected chi connectivity index (χ2v) is 4.48. The topological polar surface area (TPSA) is 59.6 Å². The number of nitrogens with one attached hydrogen (secondary N) is 2. The van der Waals surface area contributed by atoms with E-state index in [1.165, 1.54) is 0 Å². The van der Waals surface area contributed by atoms with Crippen LogP contribution in [-0.4, -0.2) is 45.0 Å². The van der Waals surface area contributed by atoms with Crippen LogP contribution < -0.4 is 10.6 Å². The molecular weight excluding hydrogens is 208 g/mol. The summed E-state index contributed by atoms with van der Waals surface area (Å²) in [6.45, 7) is 3.84. The number of ether oxygens (including phenoxy) is 2. The van der Waals surface area contributed by atoms with Crippen molar-refractivity contribution in [3.05, 3.63) is 0 Å². The quantitative estimate of drug-likeness (QED) is 0.736. The first-order valence-corrected chi connectivity index (χ1v) is 6.04. The summed E-state index contributed by atoms with van der Waals surface area (Å²) < 4.78 is 10.5. The Kier molecular flexibility index (Phi) is 4.42. The number of urea groups is 1. The van der Waals surface area contributed by atoms with Crippen LogP contribution in [0.3, 0.4) is 0 Å². The summed E-state index contributed by atoms with van der Waals surface area (Å²) in [6.07, 6.45) is 3.05. The Labute approximate surface area is 95.9 Å². The predicted molar refractivity (Wildman–Crippen MR) is 59.3 cm³/mol. The van der Waals surface area contributed by atoms with Gasteiger partial charge in [-0.3, -0.25) is 0 Å². The molecule has 2 heterocycles. The molecule has 2 fully saturated rings. The van der Waals surface area contributed by atoms with Crippen molar-refractivity contribution >= 4 is 6.03 Å². The van der Waals surface area contributed by atoms with Gasteiger partial charge in [0.15, 0.2) is 0 Å². The van der Waals surface area contributed by atoms with E-state index in [-0.39, 0.29) is 12.1 Å². The van der Waals surface area contributed by atoms with E-state index >= 15 is 0 Å². The highest BCUT2D eigenvalue weighted by Gasteiger charge is 2.18. The van der Waals surface area contributed by atoms with Crippen LogP contribution >= 0.6 is 0 Å². The van der Waals surface area contributed by atoms with E-state index < -0.39 is 0 Å². The van der Waals surface area contributed by atoms with Gasteiger partial charge in [-0.05, 0) is 25.2 Å². The molecule has 5 heteroatoms. The van der Waals surface area contributed by atoms with Crippen LogP contribution in [0.25, 0.3) is 0 Å². The van der Waals surface area contributed by atoms with Gasteiger partial charge in [-0.2, -0.15) is 0 Å². The molecule has 0 aromatic rings. The number of hydrogen-bond donors (Lipinski definition) is 2. The van der Waals surface area contributed by atoms with E-state index in [9.17, 15) is 4.79 Å². The fourth-order valence-electron chi connectivity index (χ4n) is 2.09. The fraction of sp³-hybridized carbons (Fsp3) is 0.909. The van der Waals surface area contributed by atoms with Gasteiger partial charge in [0.25, 0.3) is 0 Å². The summed E-state index contributed by atoms with van der Waals surface area (Å²) in [5, 5.41) is 5.77. The van der Waals surface area contributed by atoms with Gasteiger partial charge in [-0.1, -0.05) is 0 Å². The van der Waals surface area contributed by atoms with Gasteiger partial charge < -0.3 is 20.1 Å². The molecule has 2 amide bonds. The maximum Gasteiger partial charge on any atom is 0.315 e. The molecule has 2 aliphatic heterocycles. The average molecular weight is 228 g/mol. The third kappa shape index (κ3) is 3.64. The Morgan fingerprint density at radius 1 is 1.19 bits per heavy atom. The second kappa shape index (κ2) is 6.06. The summed E-state index contributed by atoms with van der Waals surface area (Å²) in [6, 6.07) is 0.115. The van der Waals surface area contributed by atoms with Crippen LogP contribution in [0.2, 0.25) is 0 Å². The maximum absolute atomic E-state index is 11.5. The van der Waals surface area contributed by atoms with Crippen LogP contribution in [-0.2, 0) is 9.47 Å². The molecule has 0 saturated carbocycles. The Hall–Kier alpha value is -0.810. The number of rotatable bonds is 4. The minimum absolute atomic E-state index is 0.0746. The Morgan fingerprint density at radius 3 is 2.69 bits per heavy atom. The molecule has 0 aromatic heterocycles. The highest BCUT2D eigenvalue weighted by Crippen LogP contribution is 2.15. The number of carbonyl (C=O) groups is 1.